The van der Waals surface area contributed by atoms with E-state index in [1.165, 1.54) is 6.26 Å². The largest absolute Gasteiger partial charge is 0.334 e. The zero-order valence-electron chi connectivity index (χ0n) is 21.0. The number of fused-ring (bicyclic) bond motifs is 1. The molecule has 2 fully saturated rings. The number of thiocarbonyl (C=S) groups is 1. The van der Waals surface area contributed by atoms with Gasteiger partial charge in [-0.15, -0.1) is 0 Å². The van der Waals surface area contributed by atoms with Crippen LogP contribution in [0.15, 0.2) is 18.2 Å². The molecule has 4 rings (SSSR count). The van der Waals surface area contributed by atoms with Gasteiger partial charge in [0.15, 0.2) is 10.9 Å². The molecule has 2 heterocycles. The Hall–Kier alpha value is -1.88. The first-order valence-electron chi connectivity index (χ1n) is 12.5. The molecule has 35 heavy (non-hydrogen) atoms. The SMILES string of the molecule is CC1(C)C(=O)N(c2ccc3c(c2)CCC3=O)C(=S)N1CCCCCCN1CCN(S(C)(=O)=O)CC1. The predicted molar refractivity (Wildman–Crippen MR) is 141 cm³/mol. The lowest BCUT2D eigenvalue weighted by Gasteiger charge is -2.33. The van der Waals surface area contributed by atoms with Gasteiger partial charge < -0.3 is 9.80 Å². The molecule has 1 amide bonds. The Morgan fingerprint density at radius 2 is 1.60 bits per heavy atom. The molecule has 1 aromatic carbocycles. The third-order valence-corrected chi connectivity index (χ3v) is 9.20. The minimum Gasteiger partial charge on any atom is -0.334 e. The highest BCUT2D eigenvalue weighted by Gasteiger charge is 2.49. The maximum atomic E-state index is 13.3. The lowest BCUT2D eigenvalue weighted by molar-refractivity contribution is -0.123. The summed E-state index contributed by atoms with van der Waals surface area (Å²) in [5, 5.41) is 0.535. The van der Waals surface area contributed by atoms with Gasteiger partial charge in [-0.3, -0.25) is 14.5 Å². The fourth-order valence-corrected chi connectivity index (χ4v) is 6.60. The normalized spacial score (nSPS) is 21.3. The van der Waals surface area contributed by atoms with Crippen LogP contribution in [0.2, 0.25) is 0 Å². The molecule has 0 atom stereocenters. The molecule has 0 radical (unpaired) electrons. The molecule has 0 unspecified atom stereocenters. The number of anilines is 1. The molecule has 0 aromatic heterocycles. The summed E-state index contributed by atoms with van der Waals surface area (Å²) < 4.78 is 24.8. The van der Waals surface area contributed by atoms with Crippen molar-refractivity contribution >= 4 is 44.7 Å². The van der Waals surface area contributed by atoms with E-state index in [2.05, 4.69) is 4.90 Å². The third-order valence-electron chi connectivity index (χ3n) is 7.50. The van der Waals surface area contributed by atoms with E-state index >= 15 is 0 Å². The average molecular weight is 521 g/mol. The summed E-state index contributed by atoms with van der Waals surface area (Å²) in [4.78, 5) is 31.3. The van der Waals surface area contributed by atoms with E-state index in [1.807, 2.05) is 36.9 Å². The van der Waals surface area contributed by atoms with Gasteiger partial charge in [0.2, 0.25) is 10.0 Å². The second-order valence-corrected chi connectivity index (χ2v) is 12.7. The lowest BCUT2D eigenvalue weighted by Crippen LogP contribution is -2.48. The second kappa shape index (κ2) is 10.2. The minimum absolute atomic E-state index is 0.0278. The van der Waals surface area contributed by atoms with E-state index < -0.39 is 15.6 Å². The summed E-state index contributed by atoms with van der Waals surface area (Å²) in [6, 6.07) is 5.61. The minimum atomic E-state index is -3.08. The van der Waals surface area contributed by atoms with Gasteiger partial charge in [-0.1, -0.05) is 12.8 Å². The maximum absolute atomic E-state index is 13.3. The molecule has 2 aliphatic heterocycles. The van der Waals surface area contributed by atoms with Crippen molar-refractivity contribution in [2.24, 2.45) is 0 Å². The average Bonchev–Trinajstić information content (AvgIpc) is 3.25. The Morgan fingerprint density at radius 3 is 2.26 bits per heavy atom. The number of piperazine rings is 1. The molecule has 8 nitrogen and oxygen atoms in total. The van der Waals surface area contributed by atoms with Crippen LogP contribution < -0.4 is 4.90 Å². The van der Waals surface area contributed by atoms with Gasteiger partial charge in [0.05, 0.1) is 11.9 Å². The highest BCUT2D eigenvalue weighted by molar-refractivity contribution is 7.88. The lowest BCUT2D eigenvalue weighted by atomic mass is 10.0. The summed E-state index contributed by atoms with van der Waals surface area (Å²) in [5.74, 6) is 0.139. The van der Waals surface area contributed by atoms with Crippen LogP contribution in [0.4, 0.5) is 5.69 Å². The number of hydrogen-bond donors (Lipinski definition) is 0. The van der Waals surface area contributed by atoms with Crippen molar-refractivity contribution in [2.45, 2.75) is 57.9 Å². The summed E-state index contributed by atoms with van der Waals surface area (Å²) in [7, 11) is -3.08. The van der Waals surface area contributed by atoms with Crippen LogP contribution >= 0.6 is 12.2 Å². The smallest absolute Gasteiger partial charge is 0.258 e. The standard InChI is InChI=1S/C25H36N4O4S2/c1-25(2)23(31)29(20-9-10-21-19(18-20)8-11-22(21)30)24(34)28(25)13-7-5-4-6-12-26-14-16-27(17-15-26)35(3,32)33/h9-10,18H,4-8,11-17H2,1-3H3. The van der Waals surface area contributed by atoms with Crippen LogP contribution in [0.5, 0.6) is 0 Å². The molecule has 3 aliphatic rings. The molecular formula is C25H36N4O4S2. The highest BCUT2D eigenvalue weighted by atomic mass is 32.2. The van der Waals surface area contributed by atoms with Crippen molar-refractivity contribution in [3.05, 3.63) is 29.3 Å². The van der Waals surface area contributed by atoms with E-state index in [0.717, 1.165) is 75.1 Å². The van der Waals surface area contributed by atoms with E-state index in [4.69, 9.17) is 12.2 Å². The maximum Gasteiger partial charge on any atom is 0.258 e. The van der Waals surface area contributed by atoms with Gasteiger partial charge in [0.1, 0.15) is 5.54 Å². The van der Waals surface area contributed by atoms with Crippen LogP contribution in [0.25, 0.3) is 0 Å². The number of carbonyl (C=O) groups excluding carboxylic acids is 2. The van der Waals surface area contributed by atoms with Crippen molar-refractivity contribution in [2.75, 3.05) is 50.4 Å². The highest BCUT2D eigenvalue weighted by Crippen LogP contribution is 2.35. The molecule has 1 aromatic rings. The molecule has 1 aliphatic carbocycles. The number of aryl methyl sites for hydroxylation is 1. The number of rotatable bonds is 9. The predicted octanol–water partition coefficient (Wildman–Crippen LogP) is 2.67. The molecule has 0 spiro atoms. The third kappa shape index (κ3) is 5.45. The number of amides is 1. The van der Waals surface area contributed by atoms with Gasteiger partial charge in [-0.25, -0.2) is 8.42 Å². The number of nitrogens with zero attached hydrogens (tertiary/aromatic N) is 4. The zero-order valence-corrected chi connectivity index (χ0v) is 22.6. The van der Waals surface area contributed by atoms with Crippen LogP contribution in [-0.2, 0) is 21.2 Å². The molecule has 0 saturated carbocycles. The first-order valence-corrected chi connectivity index (χ1v) is 14.8. The molecule has 192 valence electrons. The molecule has 0 bridgehead atoms. The Bertz CT molecular complexity index is 1110. The summed E-state index contributed by atoms with van der Waals surface area (Å²) >= 11 is 5.75. The molecule has 2 saturated heterocycles. The van der Waals surface area contributed by atoms with Gasteiger partial charge in [0, 0.05) is 44.7 Å². The van der Waals surface area contributed by atoms with Crippen LogP contribution in [0.1, 0.15) is 61.9 Å². The van der Waals surface area contributed by atoms with Crippen molar-refractivity contribution in [1.82, 2.24) is 14.1 Å². The van der Waals surface area contributed by atoms with Crippen LogP contribution in [0, 0.1) is 0 Å². The van der Waals surface area contributed by atoms with Gasteiger partial charge in [0.25, 0.3) is 5.91 Å². The molecule has 0 N–H and O–H groups in total. The summed E-state index contributed by atoms with van der Waals surface area (Å²) in [6.45, 7) is 8.29. The number of hydrogen-bond acceptors (Lipinski definition) is 6. The van der Waals surface area contributed by atoms with Crippen LogP contribution in [-0.4, -0.2) is 90.4 Å². The number of Topliss-reactive ketones (excluding diaryl/α,β-unsaturated/α-hetero) is 1. The Kier molecular flexibility index (Phi) is 7.66. The first kappa shape index (κ1) is 26.2. The Balaban J connectivity index is 1.24. The quantitative estimate of drug-likeness (QED) is 0.366. The van der Waals surface area contributed by atoms with Crippen molar-refractivity contribution in [3.63, 3.8) is 0 Å². The van der Waals surface area contributed by atoms with Gasteiger partial charge >= 0.3 is 0 Å². The topological polar surface area (TPSA) is 81.2 Å². The monoisotopic (exact) mass is 520 g/mol. The Labute approximate surface area is 214 Å². The van der Waals surface area contributed by atoms with Crippen LogP contribution in [0.3, 0.4) is 0 Å². The number of carbonyl (C=O) groups is 2. The van der Waals surface area contributed by atoms with E-state index in [0.29, 0.717) is 24.6 Å². The van der Waals surface area contributed by atoms with Crippen molar-refractivity contribution in [3.8, 4) is 0 Å². The number of benzene rings is 1. The fraction of sp³-hybridized carbons (Fsp3) is 0.640. The Morgan fingerprint density at radius 1 is 0.943 bits per heavy atom. The zero-order chi connectivity index (χ0) is 25.4. The van der Waals surface area contributed by atoms with E-state index in [1.54, 1.807) is 9.21 Å². The summed E-state index contributed by atoms with van der Waals surface area (Å²) in [5.41, 5.74) is 1.81. The van der Waals surface area contributed by atoms with Crippen molar-refractivity contribution < 1.29 is 18.0 Å². The first-order chi connectivity index (χ1) is 16.5. The van der Waals surface area contributed by atoms with E-state index in [-0.39, 0.29) is 11.7 Å². The van der Waals surface area contributed by atoms with Gasteiger partial charge in [-0.2, -0.15) is 4.31 Å². The number of unbranched alkanes of at least 4 members (excludes halogenated alkanes) is 3. The van der Waals surface area contributed by atoms with Gasteiger partial charge in [-0.05, 0) is 75.6 Å². The molecule has 10 heteroatoms. The number of sulfonamides is 1. The fourth-order valence-electron chi connectivity index (χ4n) is 5.26. The summed E-state index contributed by atoms with van der Waals surface area (Å²) in [6.07, 6.45) is 6.69. The van der Waals surface area contributed by atoms with Crippen molar-refractivity contribution in [1.29, 1.82) is 0 Å². The second-order valence-electron chi connectivity index (χ2n) is 10.3. The molecular weight excluding hydrogens is 484 g/mol. The van der Waals surface area contributed by atoms with E-state index in [9.17, 15) is 18.0 Å². The number of ketones is 1.